The van der Waals surface area contributed by atoms with Crippen molar-refractivity contribution in [2.24, 2.45) is 0 Å². The van der Waals surface area contributed by atoms with Gasteiger partial charge in [0, 0.05) is 42.9 Å². The second-order valence-corrected chi connectivity index (χ2v) is 9.57. The zero-order chi connectivity index (χ0) is 26.7. The molecule has 0 radical (unpaired) electrons. The van der Waals surface area contributed by atoms with E-state index in [1.54, 1.807) is 13.0 Å². The highest BCUT2D eigenvalue weighted by Crippen LogP contribution is 2.36. The molecule has 0 saturated carbocycles. The van der Waals surface area contributed by atoms with Crippen LogP contribution in [0.5, 0.6) is 0 Å². The van der Waals surface area contributed by atoms with Crippen LogP contribution >= 0.6 is 0 Å². The second-order valence-electron chi connectivity index (χ2n) is 9.57. The molecule has 0 spiro atoms. The Hall–Kier alpha value is -3.60. The maximum Gasteiger partial charge on any atom is 0.421 e. The SMILES string of the molecule is C=C(CN1CCC(c2cc(C)c(Nc3ncc(C(F)(F)F)c(Nc4cc(C)[nH]n4)n3)cc2C)CC1)NC. The summed E-state index contributed by atoms with van der Waals surface area (Å²) in [5.41, 5.74) is 4.93. The number of likely N-dealkylation sites (N-methyl/N-ethyl adjacent to an activating group) is 1. The minimum absolute atomic E-state index is 0.0658. The molecule has 0 bridgehead atoms. The molecule has 198 valence electrons. The number of H-pyrrole nitrogens is 1. The van der Waals surface area contributed by atoms with Gasteiger partial charge >= 0.3 is 6.18 Å². The Labute approximate surface area is 214 Å². The molecule has 0 unspecified atom stereocenters. The van der Waals surface area contributed by atoms with Crippen molar-refractivity contribution in [3.05, 3.63) is 64.6 Å². The van der Waals surface area contributed by atoms with E-state index in [9.17, 15) is 13.2 Å². The van der Waals surface area contributed by atoms with Gasteiger partial charge in [0.1, 0.15) is 11.4 Å². The van der Waals surface area contributed by atoms with Gasteiger partial charge in [-0.2, -0.15) is 23.3 Å². The standard InChI is InChI=1S/C26H33F3N8/c1-15-11-22(16(2)10-20(15)19-6-8-37(9-7-19)14-18(4)30-5)32-25-31-13-21(26(27,28)29)24(34-25)33-23-12-17(3)35-36-23/h10-13,19,30H,4,6-9,14H2,1-3,5H3,(H3,31,32,33,34,35,36). The first-order valence-electron chi connectivity index (χ1n) is 12.2. The molecule has 8 nitrogen and oxygen atoms in total. The molecule has 11 heteroatoms. The Morgan fingerprint density at radius 1 is 1.11 bits per heavy atom. The maximum atomic E-state index is 13.6. The summed E-state index contributed by atoms with van der Waals surface area (Å²) >= 11 is 0. The second kappa shape index (κ2) is 10.8. The van der Waals surface area contributed by atoms with E-state index < -0.39 is 11.7 Å². The van der Waals surface area contributed by atoms with Crippen molar-refractivity contribution in [2.75, 3.05) is 37.3 Å². The lowest BCUT2D eigenvalue weighted by Gasteiger charge is -2.33. The highest BCUT2D eigenvalue weighted by Gasteiger charge is 2.35. The van der Waals surface area contributed by atoms with Gasteiger partial charge in [-0.25, -0.2) is 4.98 Å². The van der Waals surface area contributed by atoms with E-state index in [1.807, 2.05) is 20.0 Å². The van der Waals surface area contributed by atoms with Gasteiger partial charge in [-0.15, -0.1) is 0 Å². The number of halogens is 3. The molecule has 3 heterocycles. The van der Waals surface area contributed by atoms with Crippen molar-refractivity contribution in [3.8, 4) is 0 Å². The van der Waals surface area contributed by atoms with Crippen LogP contribution in [0.2, 0.25) is 0 Å². The molecule has 1 fully saturated rings. The number of aromatic amines is 1. The van der Waals surface area contributed by atoms with Crippen LogP contribution < -0.4 is 16.0 Å². The zero-order valence-electron chi connectivity index (χ0n) is 21.6. The predicted molar refractivity (Wildman–Crippen MR) is 139 cm³/mol. The average molecular weight is 515 g/mol. The molecule has 3 aromatic rings. The van der Waals surface area contributed by atoms with Crippen molar-refractivity contribution in [3.63, 3.8) is 0 Å². The molecule has 1 aromatic carbocycles. The molecule has 37 heavy (non-hydrogen) atoms. The van der Waals surface area contributed by atoms with Crippen molar-refractivity contribution in [1.82, 2.24) is 30.4 Å². The van der Waals surface area contributed by atoms with E-state index >= 15 is 0 Å². The third-order valence-corrected chi connectivity index (χ3v) is 6.70. The molecule has 1 aliphatic heterocycles. The molecular formula is C26H33F3N8. The van der Waals surface area contributed by atoms with Gasteiger partial charge in [-0.1, -0.05) is 12.6 Å². The lowest BCUT2D eigenvalue weighted by atomic mass is 9.85. The quantitative estimate of drug-likeness (QED) is 0.313. The number of aryl methyl sites for hydroxylation is 3. The van der Waals surface area contributed by atoms with Gasteiger partial charge in [-0.3, -0.25) is 10.00 Å². The zero-order valence-corrected chi connectivity index (χ0v) is 21.6. The molecule has 0 aliphatic carbocycles. The summed E-state index contributed by atoms with van der Waals surface area (Å²) in [5.74, 6) is 0.402. The summed E-state index contributed by atoms with van der Waals surface area (Å²) in [5, 5.41) is 15.5. The van der Waals surface area contributed by atoms with E-state index in [1.165, 1.54) is 5.56 Å². The summed E-state index contributed by atoms with van der Waals surface area (Å²) in [4.78, 5) is 10.5. The van der Waals surface area contributed by atoms with Crippen LogP contribution in [0.3, 0.4) is 0 Å². The van der Waals surface area contributed by atoms with Crippen LogP contribution in [-0.4, -0.2) is 51.7 Å². The van der Waals surface area contributed by atoms with Crippen LogP contribution in [0.15, 0.2) is 36.7 Å². The van der Waals surface area contributed by atoms with Gasteiger partial charge < -0.3 is 16.0 Å². The summed E-state index contributed by atoms with van der Waals surface area (Å²) in [6.45, 7) is 12.7. The van der Waals surface area contributed by atoms with Gasteiger partial charge in [0.25, 0.3) is 0 Å². The Kier molecular flexibility index (Phi) is 7.72. The van der Waals surface area contributed by atoms with Gasteiger partial charge in [0.05, 0.1) is 0 Å². The van der Waals surface area contributed by atoms with Crippen molar-refractivity contribution in [1.29, 1.82) is 0 Å². The summed E-state index contributed by atoms with van der Waals surface area (Å²) in [6.07, 6.45) is -1.71. The largest absolute Gasteiger partial charge is 0.421 e. The van der Waals surface area contributed by atoms with E-state index in [-0.39, 0.29) is 17.6 Å². The third-order valence-electron chi connectivity index (χ3n) is 6.70. The lowest BCUT2D eigenvalue weighted by Crippen LogP contribution is -2.36. The van der Waals surface area contributed by atoms with Crippen molar-refractivity contribution >= 4 is 23.3 Å². The smallest absolute Gasteiger partial charge is 0.391 e. The molecule has 4 rings (SSSR count). The third kappa shape index (κ3) is 6.40. The lowest BCUT2D eigenvalue weighted by molar-refractivity contribution is -0.137. The van der Waals surface area contributed by atoms with Crippen LogP contribution in [0.25, 0.3) is 0 Å². The number of hydrogen-bond acceptors (Lipinski definition) is 7. The summed E-state index contributed by atoms with van der Waals surface area (Å²) in [7, 11) is 1.89. The number of alkyl halides is 3. The molecular weight excluding hydrogens is 481 g/mol. The highest BCUT2D eigenvalue weighted by atomic mass is 19.4. The number of anilines is 4. The monoisotopic (exact) mass is 514 g/mol. The van der Waals surface area contributed by atoms with Crippen molar-refractivity contribution in [2.45, 2.75) is 45.7 Å². The molecule has 2 aromatic heterocycles. The minimum Gasteiger partial charge on any atom is -0.391 e. The number of aromatic nitrogens is 4. The Morgan fingerprint density at radius 2 is 1.84 bits per heavy atom. The van der Waals surface area contributed by atoms with E-state index in [2.05, 4.69) is 60.6 Å². The minimum atomic E-state index is -4.61. The molecule has 0 amide bonds. The fourth-order valence-corrected chi connectivity index (χ4v) is 4.63. The molecule has 1 aliphatic rings. The van der Waals surface area contributed by atoms with Crippen LogP contribution in [0, 0.1) is 20.8 Å². The predicted octanol–water partition coefficient (Wildman–Crippen LogP) is 5.54. The average Bonchev–Trinajstić information content (AvgIpc) is 3.25. The topological polar surface area (TPSA) is 93.8 Å². The maximum absolute atomic E-state index is 13.6. The summed E-state index contributed by atoms with van der Waals surface area (Å²) in [6, 6.07) is 5.79. The van der Waals surface area contributed by atoms with E-state index in [0.717, 1.165) is 61.2 Å². The van der Waals surface area contributed by atoms with E-state index in [0.29, 0.717) is 11.6 Å². The first-order chi connectivity index (χ1) is 17.5. The van der Waals surface area contributed by atoms with Gasteiger partial charge in [0.15, 0.2) is 5.82 Å². The molecule has 4 N–H and O–H groups in total. The van der Waals surface area contributed by atoms with Gasteiger partial charge in [0.2, 0.25) is 5.95 Å². The molecule has 1 saturated heterocycles. The number of rotatable bonds is 8. The fourth-order valence-electron chi connectivity index (χ4n) is 4.63. The highest BCUT2D eigenvalue weighted by molar-refractivity contribution is 5.64. The molecule has 0 atom stereocenters. The van der Waals surface area contributed by atoms with Crippen LogP contribution in [0.4, 0.5) is 36.4 Å². The Bertz CT molecular complexity index is 1260. The number of piperidine rings is 1. The van der Waals surface area contributed by atoms with Crippen LogP contribution in [-0.2, 0) is 6.18 Å². The number of benzene rings is 1. The fraction of sp³-hybridized carbons (Fsp3) is 0.423. The number of nitrogens with zero attached hydrogens (tertiary/aromatic N) is 4. The van der Waals surface area contributed by atoms with Crippen LogP contribution in [0.1, 0.15) is 46.7 Å². The van der Waals surface area contributed by atoms with Gasteiger partial charge in [-0.05, 0) is 75.4 Å². The Morgan fingerprint density at radius 3 is 2.46 bits per heavy atom. The summed E-state index contributed by atoms with van der Waals surface area (Å²) < 4.78 is 40.7. The number of likely N-dealkylation sites (tertiary alicyclic amines) is 1. The van der Waals surface area contributed by atoms with Crippen molar-refractivity contribution < 1.29 is 13.2 Å². The van der Waals surface area contributed by atoms with E-state index in [4.69, 9.17) is 0 Å². The Balaban J connectivity index is 1.52. The first kappa shape index (κ1) is 26.5. The first-order valence-corrected chi connectivity index (χ1v) is 12.2. The normalized spacial score (nSPS) is 15.0. The number of hydrogen-bond donors (Lipinski definition) is 4. The number of nitrogens with one attached hydrogen (secondary N) is 4.